The van der Waals surface area contributed by atoms with E-state index in [0.717, 1.165) is 5.56 Å². The number of carbonyl (C=O) groups is 1. The molecule has 0 fully saturated rings. The minimum Gasteiger partial charge on any atom is -0.392 e. The van der Waals surface area contributed by atoms with Gasteiger partial charge in [-0.2, -0.15) is 0 Å². The van der Waals surface area contributed by atoms with Gasteiger partial charge in [0.05, 0.1) is 11.0 Å². The molecular formula is C12H16ClN3OS. The fourth-order valence-corrected chi connectivity index (χ4v) is 1.59. The van der Waals surface area contributed by atoms with Crippen molar-refractivity contribution < 1.29 is 4.79 Å². The fourth-order valence-electron chi connectivity index (χ4n) is 1.25. The number of rotatable bonds is 3. The summed E-state index contributed by atoms with van der Waals surface area (Å²) in [5.41, 5.74) is 7.10. The second-order valence-electron chi connectivity index (χ2n) is 4.08. The van der Waals surface area contributed by atoms with Crippen LogP contribution < -0.4 is 11.1 Å². The molecule has 6 heteroatoms. The third-order valence-corrected chi connectivity index (χ3v) is 3.48. The highest BCUT2D eigenvalue weighted by molar-refractivity contribution is 7.80. The lowest BCUT2D eigenvalue weighted by molar-refractivity contribution is 0.218. The van der Waals surface area contributed by atoms with Gasteiger partial charge in [-0.1, -0.05) is 29.9 Å². The van der Waals surface area contributed by atoms with Crippen molar-refractivity contribution in [3.63, 3.8) is 0 Å². The van der Waals surface area contributed by atoms with Gasteiger partial charge in [0.25, 0.3) is 0 Å². The van der Waals surface area contributed by atoms with Crippen LogP contribution in [0.4, 0.5) is 10.5 Å². The van der Waals surface area contributed by atoms with E-state index in [2.05, 4.69) is 5.32 Å². The van der Waals surface area contributed by atoms with Gasteiger partial charge in [-0.3, -0.25) is 0 Å². The Hall–Kier alpha value is -1.33. The first kappa shape index (κ1) is 14.7. The summed E-state index contributed by atoms with van der Waals surface area (Å²) in [5.74, 6) is 0. The number of thiocarbonyl (C=S) groups is 1. The van der Waals surface area contributed by atoms with Crippen LogP contribution in [-0.4, -0.2) is 29.0 Å². The Morgan fingerprint density at radius 1 is 1.56 bits per heavy atom. The molecule has 3 N–H and O–H groups in total. The molecule has 0 aliphatic heterocycles. The molecule has 0 radical (unpaired) electrons. The van der Waals surface area contributed by atoms with E-state index < -0.39 is 0 Å². The molecule has 0 saturated heterocycles. The topological polar surface area (TPSA) is 58.4 Å². The van der Waals surface area contributed by atoms with Crippen LogP contribution in [0.1, 0.15) is 12.5 Å². The van der Waals surface area contributed by atoms with Crippen LogP contribution in [0.15, 0.2) is 18.2 Å². The average molecular weight is 286 g/mol. The minimum atomic E-state index is -0.305. The predicted molar refractivity (Wildman–Crippen MR) is 79.2 cm³/mol. The maximum Gasteiger partial charge on any atom is 0.322 e. The summed E-state index contributed by atoms with van der Waals surface area (Å²) in [4.78, 5) is 13.6. The van der Waals surface area contributed by atoms with E-state index in [-0.39, 0.29) is 17.1 Å². The van der Waals surface area contributed by atoms with Gasteiger partial charge in [-0.15, -0.1) is 0 Å². The number of likely N-dealkylation sites (N-methyl/N-ethyl adjacent to an activating group) is 1. The van der Waals surface area contributed by atoms with Crippen molar-refractivity contribution in [2.24, 2.45) is 5.73 Å². The van der Waals surface area contributed by atoms with E-state index in [9.17, 15) is 4.79 Å². The summed E-state index contributed by atoms with van der Waals surface area (Å²) in [7, 11) is 1.63. The highest BCUT2D eigenvalue weighted by Crippen LogP contribution is 2.20. The van der Waals surface area contributed by atoms with Crippen molar-refractivity contribution in [1.29, 1.82) is 0 Å². The molecule has 0 aliphatic carbocycles. The van der Waals surface area contributed by atoms with Crippen LogP contribution in [0.3, 0.4) is 0 Å². The van der Waals surface area contributed by atoms with Gasteiger partial charge in [-0.05, 0) is 31.5 Å². The van der Waals surface area contributed by atoms with E-state index in [1.807, 2.05) is 13.0 Å². The summed E-state index contributed by atoms with van der Waals surface area (Å²) >= 11 is 10.8. The zero-order valence-electron chi connectivity index (χ0n) is 10.5. The second kappa shape index (κ2) is 6.02. The third kappa shape index (κ3) is 3.58. The predicted octanol–water partition coefficient (Wildman–Crippen LogP) is 2.79. The molecule has 98 valence electrons. The van der Waals surface area contributed by atoms with Crippen LogP contribution >= 0.6 is 23.8 Å². The van der Waals surface area contributed by atoms with Crippen LogP contribution in [-0.2, 0) is 0 Å². The highest BCUT2D eigenvalue weighted by atomic mass is 35.5. The van der Waals surface area contributed by atoms with Crippen LogP contribution in [0.25, 0.3) is 0 Å². The van der Waals surface area contributed by atoms with E-state index >= 15 is 0 Å². The molecule has 1 aromatic carbocycles. The molecule has 0 aliphatic rings. The summed E-state index contributed by atoms with van der Waals surface area (Å²) in [6.45, 7) is 3.67. The average Bonchev–Trinajstić information content (AvgIpc) is 2.31. The molecule has 1 rings (SSSR count). The van der Waals surface area contributed by atoms with Gasteiger partial charge in [0.1, 0.15) is 0 Å². The van der Waals surface area contributed by atoms with E-state index in [1.165, 1.54) is 4.90 Å². The maximum absolute atomic E-state index is 11.9. The summed E-state index contributed by atoms with van der Waals surface area (Å²) in [6, 6.07) is 4.75. The summed E-state index contributed by atoms with van der Waals surface area (Å²) < 4.78 is 0. The molecule has 1 aromatic rings. The molecular weight excluding hydrogens is 270 g/mol. The van der Waals surface area contributed by atoms with Crippen LogP contribution in [0.2, 0.25) is 5.02 Å². The number of nitrogens with one attached hydrogen (secondary N) is 1. The fraction of sp³-hybridized carbons (Fsp3) is 0.333. The Morgan fingerprint density at radius 3 is 2.67 bits per heavy atom. The molecule has 0 bridgehead atoms. The van der Waals surface area contributed by atoms with E-state index in [1.54, 1.807) is 26.1 Å². The number of amides is 2. The van der Waals surface area contributed by atoms with Gasteiger partial charge in [0.2, 0.25) is 0 Å². The lowest BCUT2D eigenvalue weighted by atomic mass is 10.2. The van der Waals surface area contributed by atoms with Crippen molar-refractivity contribution >= 4 is 40.5 Å². The number of nitrogens with two attached hydrogens (primary N) is 1. The molecule has 18 heavy (non-hydrogen) atoms. The maximum atomic E-state index is 11.9. The number of hydrogen-bond acceptors (Lipinski definition) is 2. The number of halogens is 1. The Balaban J connectivity index is 2.75. The number of anilines is 1. The van der Waals surface area contributed by atoms with Crippen molar-refractivity contribution in [3.8, 4) is 0 Å². The Labute approximate surface area is 117 Å². The zero-order valence-corrected chi connectivity index (χ0v) is 12.1. The number of benzene rings is 1. The van der Waals surface area contributed by atoms with Crippen LogP contribution in [0.5, 0.6) is 0 Å². The smallest absolute Gasteiger partial charge is 0.322 e. The van der Waals surface area contributed by atoms with E-state index in [4.69, 9.17) is 29.6 Å². The second-order valence-corrected chi connectivity index (χ2v) is 4.96. The molecule has 0 aromatic heterocycles. The van der Waals surface area contributed by atoms with Gasteiger partial charge in [0.15, 0.2) is 0 Å². The normalized spacial score (nSPS) is 11.8. The standard InChI is InChI=1S/C12H16ClN3OS/c1-7-4-5-9(6-10(7)13)15-12(17)16(3)8(2)11(14)18/h4-6,8H,1-3H3,(H2,14,18)(H,15,17). The van der Waals surface area contributed by atoms with Crippen LogP contribution in [0, 0.1) is 6.92 Å². The molecule has 0 heterocycles. The number of nitrogens with zero attached hydrogens (tertiary/aromatic N) is 1. The molecule has 1 atom stereocenters. The van der Waals surface area contributed by atoms with Crippen molar-refractivity contribution in [3.05, 3.63) is 28.8 Å². The monoisotopic (exact) mass is 285 g/mol. The molecule has 0 spiro atoms. The zero-order chi connectivity index (χ0) is 13.9. The molecule has 4 nitrogen and oxygen atoms in total. The van der Waals surface area contributed by atoms with Gasteiger partial charge in [-0.25, -0.2) is 4.79 Å². The lowest BCUT2D eigenvalue weighted by Crippen LogP contribution is -2.44. The molecule has 2 amide bonds. The minimum absolute atomic E-state index is 0.273. The quantitative estimate of drug-likeness (QED) is 0.840. The SMILES string of the molecule is Cc1ccc(NC(=O)N(C)C(C)C(N)=S)cc1Cl. The van der Waals surface area contributed by atoms with Crippen molar-refractivity contribution in [2.45, 2.75) is 19.9 Å². The number of hydrogen-bond donors (Lipinski definition) is 2. The van der Waals surface area contributed by atoms with E-state index in [0.29, 0.717) is 10.7 Å². The van der Waals surface area contributed by atoms with Gasteiger partial charge >= 0.3 is 6.03 Å². The first-order valence-corrected chi connectivity index (χ1v) is 6.21. The Bertz CT molecular complexity index is 478. The van der Waals surface area contributed by atoms with Crippen molar-refractivity contribution in [2.75, 3.05) is 12.4 Å². The largest absolute Gasteiger partial charge is 0.392 e. The van der Waals surface area contributed by atoms with Crippen molar-refractivity contribution in [1.82, 2.24) is 4.90 Å². The lowest BCUT2D eigenvalue weighted by Gasteiger charge is -2.24. The molecule has 0 saturated carbocycles. The summed E-state index contributed by atoms with van der Waals surface area (Å²) in [5, 5.41) is 3.34. The summed E-state index contributed by atoms with van der Waals surface area (Å²) in [6.07, 6.45) is 0. The third-order valence-electron chi connectivity index (χ3n) is 2.74. The molecule has 1 unspecified atom stereocenters. The number of urea groups is 1. The Kier molecular flexibility index (Phi) is 4.93. The number of aryl methyl sites for hydroxylation is 1. The van der Waals surface area contributed by atoms with Gasteiger partial charge in [0, 0.05) is 17.8 Å². The highest BCUT2D eigenvalue weighted by Gasteiger charge is 2.17. The first-order valence-electron chi connectivity index (χ1n) is 5.42. The Morgan fingerprint density at radius 2 is 2.17 bits per heavy atom. The first-order chi connectivity index (χ1) is 8.32. The number of carbonyl (C=O) groups excluding carboxylic acids is 1. The van der Waals surface area contributed by atoms with Gasteiger partial charge < -0.3 is 16.0 Å².